The minimum absolute atomic E-state index is 0.252. The Labute approximate surface area is 166 Å². The van der Waals surface area contributed by atoms with Gasteiger partial charge in [-0.25, -0.2) is 8.42 Å². The first-order chi connectivity index (χ1) is 12.9. The second-order valence-corrected chi connectivity index (χ2v) is 10.6. The van der Waals surface area contributed by atoms with Crippen LogP contribution in [0.4, 0.5) is 0 Å². The van der Waals surface area contributed by atoms with E-state index in [4.69, 9.17) is 16.1 Å². The molecular weight excluding hydrogens is 408 g/mol. The molecule has 4 rings (SSSR count). The molecule has 7 nitrogen and oxygen atoms in total. The molecule has 142 valence electrons. The van der Waals surface area contributed by atoms with Crippen molar-refractivity contribution in [1.29, 1.82) is 0 Å². The molecule has 0 bridgehead atoms. The average Bonchev–Trinajstić information content (AvgIpc) is 3.32. The largest absolute Gasteiger partial charge is 0.334 e. The minimum atomic E-state index is -3.59. The number of aromatic nitrogens is 3. The maximum absolute atomic E-state index is 13.0. The van der Waals surface area contributed by atoms with Gasteiger partial charge in [0.25, 0.3) is 15.9 Å². The van der Waals surface area contributed by atoms with E-state index >= 15 is 0 Å². The molecule has 0 spiro atoms. The lowest BCUT2D eigenvalue weighted by Crippen LogP contribution is -2.47. The number of halogens is 1. The van der Waals surface area contributed by atoms with Crippen molar-refractivity contribution in [2.24, 2.45) is 0 Å². The summed E-state index contributed by atoms with van der Waals surface area (Å²) >= 11 is 6.98. The molecule has 1 fully saturated rings. The SMILES string of the molecule is CC1(c2noc(-c3ccncc3)n2)CCCN(S(=O)(=O)c2ccc(Cl)s2)C1. The molecule has 4 heterocycles. The highest BCUT2D eigenvalue weighted by atomic mass is 35.5. The Bertz CT molecular complexity index is 1050. The summed E-state index contributed by atoms with van der Waals surface area (Å²) in [5, 5.41) is 4.13. The van der Waals surface area contributed by atoms with Gasteiger partial charge in [-0.1, -0.05) is 23.7 Å². The van der Waals surface area contributed by atoms with E-state index in [1.807, 2.05) is 6.92 Å². The topological polar surface area (TPSA) is 89.2 Å². The zero-order chi connectivity index (χ0) is 19.1. The first-order valence-electron chi connectivity index (χ1n) is 8.39. The lowest BCUT2D eigenvalue weighted by Gasteiger charge is -2.37. The Hall–Kier alpha value is -1.81. The molecule has 0 amide bonds. The number of hydrogen-bond donors (Lipinski definition) is 0. The standard InChI is InChI=1S/C17H17ClN4O3S2/c1-17(16-20-15(25-21-16)12-5-8-19-9-6-12)7-2-10-22(11-17)27(23,24)14-4-3-13(18)26-14/h3-6,8-9H,2,7,10-11H2,1H3. The van der Waals surface area contributed by atoms with Crippen LogP contribution >= 0.6 is 22.9 Å². The van der Waals surface area contributed by atoms with Gasteiger partial charge in [-0.05, 0) is 37.1 Å². The third-order valence-electron chi connectivity index (χ3n) is 4.70. The molecule has 1 aliphatic heterocycles. The van der Waals surface area contributed by atoms with Gasteiger partial charge in [0.1, 0.15) is 4.21 Å². The van der Waals surface area contributed by atoms with Crippen molar-refractivity contribution in [3.63, 3.8) is 0 Å². The fourth-order valence-corrected chi connectivity index (χ4v) is 6.46. The lowest BCUT2D eigenvalue weighted by molar-refractivity contribution is 0.226. The van der Waals surface area contributed by atoms with Gasteiger partial charge in [-0.3, -0.25) is 4.98 Å². The number of pyridine rings is 1. The highest BCUT2D eigenvalue weighted by Crippen LogP contribution is 2.37. The summed E-state index contributed by atoms with van der Waals surface area (Å²) in [7, 11) is -3.59. The second-order valence-electron chi connectivity index (χ2n) is 6.72. The third-order valence-corrected chi connectivity index (χ3v) is 8.24. The van der Waals surface area contributed by atoms with Gasteiger partial charge in [0.2, 0.25) is 0 Å². The summed E-state index contributed by atoms with van der Waals surface area (Å²) < 4.78 is 33.5. The number of hydrogen-bond acceptors (Lipinski definition) is 7. The van der Waals surface area contributed by atoms with Gasteiger partial charge in [0.05, 0.1) is 4.34 Å². The molecule has 3 aromatic heterocycles. The summed E-state index contributed by atoms with van der Waals surface area (Å²) in [6.45, 7) is 2.72. The Balaban J connectivity index is 1.61. The van der Waals surface area contributed by atoms with E-state index in [1.165, 1.54) is 4.31 Å². The van der Waals surface area contributed by atoms with Crippen molar-refractivity contribution in [3.8, 4) is 11.5 Å². The first kappa shape index (κ1) is 18.5. The van der Waals surface area contributed by atoms with Crippen molar-refractivity contribution in [3.05, 3.63) is 46.8 Å². The average molecular weight is 425 g/mol. The van der Waals surface area contributed by atoms with E-state index in [0.717, 1.165) is 23.3 Å². The summed E-state index contributed by atoms with van der Waals surface area (Å²) in [4.78, 5) is 8.50. The maximum atomic E-state index is 13.0. The van der Waals surface area contributed by atoms with Crippen LogP contribution in [0.3, 0.4) is 0 Å². The highest BCUT2D eigenvalue weighted by molar-refractivity contribution is 7.91. The number of rotatable bonds is 4. The van der Waals surface area contributed by atoms with E-state index in [-0.39, 0.29) is 4.21 Å². The van der Waals surface area contributed by atoms with Gasteiger partial charge >= 0.3 is 0 Å². The van der Waals surface area contributed by atoms with E-state index in [9.17, 15) is 8.42 Å². The predicted octanol–water partition coefficient (Wildman–Crippen LogP) is 3.59. The monoisotopic (exact) mass is 424 g/mol. The zero-order valence-electron chi connectivity index (χ0n) is 14.5. The Kier molecular flexibility index (Phi) is 4.79. The molecule has 0 saturated carbocycles. The molecule has 1 atom stereocenters. The Morgan fingerprint density at radius 2 is 2.04 bits per heavy atom. The van der Waals surface area contributed by atoms with Gasteiger partial charge in [-0.15, -0.1) is 11.3 Å². The van der Waals surface area contributed by atoms with Crippen LogP contribution in [0, 0.1) is 0 Å². The summed E-state index contributed by atoms with van der Waals surface area (Å²) in [6.07, 6.45) is 4.80. The first-order valence-corrected chi connectivity index (χ1v) is 11.0. The molecule has 0 N–H and O–H groups in total. The van der Waals surface area contributed by atoms with Gasteiger partial charge in [-0.2, -0.15) is 9.29 Å². The molecule has 1 aliphatic rings. The van der Waals surface area contributed by atoms with Gasteiger partial charge in [0.15, 0.2) is 5.82 Å². The highest BCUT2D eigenvalue weighted by Gasteiger charge is 2.41. The number of sulfonamides is 1. The van der Waals surface area contributed by atoms with Crippen LogP contribution < -0.4 is 0 Å². The number of thiophene rings is 1. The summed E-state index contributed by atoms with van der Waals surface area (Å²) in [5.74, 6) is 0.914. The van der Waals surface area contributed by atoms with Crippen LogP contribution in [0.5, 0.6) is 0 Å². The van der Waals surface area contributed by atoms with E-state index < -0.39 is 15.4 Å². The van der Waals surface area contributed by atoms with Crippen LogP contribution in [0.15, 0.2) is 45.4 Å². The van der Waals surface area contributed by atoms with Crippen molar-refractivity contribution < 1.29 is 12.9 Å². The van der Waals surface area contributed by atoms with Crippen molar-refractivity contribution in [2.75, 3.05) is 13.1 Å². The van der Waals surface area contributed by atoms with Crippen LogP contribution in [-0.2, 0) is 15.4 Å². The number of piperidine rings is 1. The second kappa shape index (κ2) is 6.97. The Morgan fingerprint density at radius 1 is 1.26 bits per heavy atom. The lowest BCUT2D eigenvalue weighted by atomic mass is 9.82. The van der Waals surface area contributed by atoms with Crippen LogP contribution in [0.25, 0.3) is 11.5 Å². The molecule has 27 heavy (non-hydrogen) atoms. The van der Waals surface area contributed by atoms with Crippen LogP contribution in [-0.4, -0.2) is 40.9 Å². The molecular formula is C17H17ClN4O3S2. The van der Waals surface area contributed by atoms with Crippen LogP contribution in [0.2, 0.25) is 4.34 Å². The van der Waals surface area contributed by atoms with E-state index in [0.29, 0.717) is 35.6 Å². The normalized spacial score (nSPS) is 21.4. The molecule has 10 heteroatoms. The fraction of sp³-hybridized carbons (Fsp3) is 0.353. The zero-order valence-corrected chi connectivity index (χ0v) is 16.9. The third kappa shape index (κ3) is 3.52. The Morgan fingerprint density at radius 3 is 2.74 bits per heavy atom. The summed E-state index contributed by atoms with van der Waals surface area (Å²) in [5.41, 5.74) is 0.252. The van der Waals surface area contributed by atoms with Gasteiger partial charge < -0.3 is 4.52 Å². The fourth-order valence-electron chi connectivity index (χ4n) is 3.22. The molecule has 3 aromatic rings. The molecule has 0 aliphatic carbocycles. The predicted molar refractivity (Wildman–Crippen MR) is 102 cm³/mol. The van der Waals surface area contributed by atoms with Crippen molar-refractivity contribution in [1.82, 2.24) is 19.4 Å². The van der Waals surface area contributed by atoms with E-state index in [2.05, 4.69) is 15.1 Å². The van der Waals surface area contributed by atoms with Gasteiger partial charge in [0, 0.05) is 36.5 Å². The van der Waals surface area contributed by atoms with Crippen molar-refractivity contribution in [2.45, 2.75) is 29.4 Å². The van der Waals surface area contributed by atoms with Crippen molar-refractivity contribution >= 4 is 33.0 Å². The maximum Gasteiger partial charge on any atom is 0.258 e. The molecule has 1 saturated heterocycles. The van der Waals surface area contributed by atoms with Crippen LogP contribution in [0.1, 0.15) is 25.6 Å². The molecule has 1 unspecified atom stereocenters. The summed E-state index contributed by atoms with van der Waals surface area (Å²) in [6, 6.07) is 6.72. The number of nitrogens with zero attached hydrogens (tertiary/aromatic N) is 4. The quantitative estimate of drug-likeness (QED) is 0.635. The van der Waals surface area contributed by atoms with E-state index in [1.54, 1.807) is 36.7 Å². The molecule has 0 radical (unpaired) electrons. The molecule has 0 aromatic carbocycles. The minimum Gasteiger partial charge on any atom is -0.334 e. The smallest absolute Gasteiger partial charge is 0.258 e.